The molecule has 0 spiro atoms. The van der Waals surface area contributed by atoms with Gasteiger partial charge in [0.25, 0.3) is 0 Å². The van der Waals surface area contributed by atoms with E-state index in [2.05, 4.69) is 53.3 Å². The number of nitrogens with two attached hydrogens (primary N) is 2. The van der Waals surface area contributed by atoms with Crippen molar-refractivity contribution in [2.75, 3.05) is 5.73 Å². The van der Waals surface area contributed by atoms with E-state index < -0.39 is 0 Å². The van der Waals surface area contributed by atoms with Crippen LogP contribution in [-0.4, -0.2) is 30.6 Å². The molecule has 0 bridgehead atoms. The van der Waals surface area contributed by atoms with E-state index in [1.54, 1.807) is 0 Å². The van der Waals surface area contributed by atoms with Crippen LogP contribution in [0.4, 0.5) is 5.82 Å². The first-order chi connectivity index (χ1) is 17.5. The highest BCUT2D eigenvalue weighted by Crippen LogP contribution is 2.38. The third kappa shape index (κ3) is 3.75. The predicted octanol–water partition coefficient (Wildman–Crippen LogP) is 4.82. The largest absolute Gasteiger partial charge is 0.383 e. The lowest BCUT2D eigenvalue weighted by Gasteiger charge is -2.27. The van der Waals surface area contributed by atoms with Crippen LogP contribution in [0.25, 0.3) is 44.5 Å². The number of pyridine rings is 1. The van der Waals surface area contributed by atoms with Gasteiger partial charge in [0.2, 0.25) is 5.91 Å². The predicted molar refractivity (Wildman–Crippen MR) is 141 cm³/mol. The second kappa shape index (κ2) is 8.71. The molecule has 4 N–H and O–H groups in total. The number of hydrogen-bond donors (Lipinski definition) is 2. The number of amides is 1. The summed E-state index contributed by atoms with van der Waals surface area (Å²) in [7, 11) is 0. The minimum absolute atomic E-state index is 0.0733. The Labute approximate surface area is 208 Å². The molecular weight excluding hydrogens is 450 g/mol. The van der Waals surface area contributed by atoms with Crippen molar-refractivity contribution in [1.82, 2.24) is 24.7 Å². The molecule has 0 radical (unpaired) electrons. The number of carbonyl (C=O) groups is 1. The number of hydrogen-bond acceptors (Lipinski definition) is 6. The van der Waals surface area contributed by atoms with Crippen LogP contribution < -0.4 is 11.5 Å². The number of anilines is 1. The number of primary amides is 1. The number of benzene rings is 2. The molecule has 36 heavy (non-hydrogen) atoms. The highest BCUT2D eigenvalue weighted by molar-refractivity contribution is 6.00. The van der Waals surface area contributed by atoms with E-state index in [0.29, 0.717) is 11.5 Å². The Balaban J connectivity index is 1.47. The third-order valence-corrected chi connectivity index (χ3v) is 7.32. The second-order valence-electron chi connectivity index (χ2n) is 9.58. The summed E-state index contributed by atoms with van der Waals surface area (Å²) in [5.74, 6) is 0.102. The first-order valence-electron chi connectivity index (χ1n) is 12.2. The molecule has 0 aliphatic heterocycles. The van der Waals surface area contributed by atoms with Crippen LogP contribution in [-0.2, 0) is 4.79 Å². The lowest BCUT2D eigenvalue weighted by atomic mass is 9.86. The van der Waals surface area contributed by atoms with E-state index in [0.717, 1.165) is 70.1 Å². The highest BCUT2D eigenvalue weighted by Gasteiger charge is 2.29. The topological polar surface area (TPSA) is 126 Å². The standard InChI is InChI=1S/C28H27N7O/c1-16-13-22(17-5-3-2-4-6-17)33-23-14-19(9-12-21(16)23)25-24-26(29)31-15-32-28(24)35(34-25)20-10-7-18(8-11-20)27(30)36/h2-6,9,12-15,18,20H,7-8,10-11H2,1H3,(H2,30,36)(H2,29,31,32). The Morgan fingerprint density at radius 1 is 0.972 bits per heavy atom. The molecule has 180 valence electrons. The summed E-state index contributed by atoms with van der Waals surface area (Å²) in [6, 6.07) is 18.6. The quantitative estimate of drug-likeness (QED) is 0.382. The Kier molecular flexibility index (Phi) is 5.36. The molecule has 1 aliphatic rings. The maximum absolute atomic E-state index is 11.6. The Morgan fingerprint density at radius 3 is 2.50 bits per heavy atom. The maximum atomic E-state index is 11.6. The molecule has 3 aromatic heterocycles. The summed E-state index contributed by atoms with van der Waals surface area (Å²) >= 11 is 0. The minimum atomic E-state index is -0.222. The molecular formula is C28H27N7O. The van der Waals surface area contributed by atoms with E-state index in [9.17, 15) is 4.79 Å². The van der Waals surface area contributed by atoms with Gasteiger partial charge in [-0.2, -0.15) is 5.10 Å². The molecule has 6 rings (SSSR count). The van der Waals surface area contributed by atoms with Crippen molar-refractivity contribution in [2.45, 2.75) is 38.6 Å². The molecule has 3 heterocycles. The van der Waals surface area contributed by atoms with Gasteiger partial charge >= 0.3 is 0 Å². The SMILES string of the molecule is Cc1cc(-c2ccccc2)nc2cc(-c3nn(C4CCC(C(N)=O)CC4)c4ncnc(N)c34)ccc12. The average molecular weight is 478 g/mol. The van der Waals surface area contributed by atoms with Gasteiger partial charge in [0.15, 0.2) is 5.65 Å². The van der Waals surface area contributed by atoms with Crippen LogP contribution in [0.1, 0.15) is 37.3 Å². The fourth-order valence-electron chi connectivity index (χ4n) is 5.36. The fourth-order valence-corrected chi connectivity index (χ4v) is 5.36. The van der Waals surface area contributed by atoms with E-state index in [-0.39, 0.29) is 17.9 Å². The van der Waals surface area contributed by atoms with Crippen molar-refractivity contribution in [3.05, 3.63) is 66.5 Å². The van der Waals surface area contributed by atoms with Crippen LogP contribution in [0.15, 0.2) is 60.9 Å². The van der Waals surface area contributed by atoms with Crippen molar-refractivity contribution < 1.29 is 4.79 Å². The van der Waals surface area contributed by atoms with Gasteiger partial charge in [-0.3, -0.25) is 4.79 Å². The zero-order valence-electron chi connectivity index (χ0n) is 20.1. The van der Waals surface area contributed by atoms with Crippen LogP contribution in [0.2, 0.25) is 0 Å². The fraction of sp³-hybridized carbons (Fsp3) is 0.250. The molecule has 0 atom stereocenters. The van der Waals surface area contributed by atoms with Crippen LogP contribution >= 0.6 is 0 Å². The molecule has 8 heteroatoms. The van der Waals surface area contributed by atoms with Gasteiger partial charge in [-0.15, -0.1) is 0 Å². The molecule has 1 saturated carbocycles. The zero-order valence-corrected chi connectivity index (χ0v) is 20.1. The van der Waals surface area contributed by atoms with Crippen molar-refractivity contribution >= 4 is 33.7 Å². The van der Waals surface area contributed by atoms with Crippen molar-refractivity contribution in [2.24, 2.45) is 11.7 Å². The number of carbonyl (C=O) groups excluding carboxylic acids is 1. The van der Waals surface area contributed by atoms with Crippen molar-refractivity contribution in [3.63, 3.8) is 0 Å². The van der Waals surface area contributed by atoms with Crippen LogP contribution in [0.3, 0.4) is 0 Å². The zero-order chi connectivity index (χ0) is 24.8. The smallest absolute Gasteiger partial charge is 0.220 e. The lowest BCUT2D eigenvalue weighted by Crippen LogP contribution is -2.28. The van der Waals surface area contributed by atoms with Gasteiger partial charge in [-0.1, -0.05) is 42.5 Å². The summed E-state index contributed by atoms with van der Waals surface area (Å²) in [5.41, 5.74) is 18.3. The average Bonchev–Trinajstić information content (AvgIpc) is 3.30. The summed E-state index contributed by atoms with van der Waals surface area (Å²) < 4.78 is 1.96. The number of aryl methyl sites for hydroxylation is 1. The molecule has 0 unspecified atom stereocenters. The number of aromatic nitrogens is 5. The Morgan fingerprint density at radius 2 is 1.75 bits per heavy atom. The van der Waals surface area contributed by atoms with Crippen LogP contribution in [0.5, 0.6) is 0 Å². The lowest BCUT2D eigenvalue weighted by molar-refractivity contribution is -0.122. The first-order valence-corrected chi connectivity index (χ1v) is 12.2. The van der Waals surface area contributed by atoms with Gasteiger partial charge in [0, 0.05) is 22.4 Å². The molecule has 2 aromatic carbocycles. The number of fused-ring (bicyclic) bond motifs is 2. The van der Waals surface area contributed by atoms with Gasteiger partial charge in [0.1, 0.15) is 17.8 Å². The second-order valence-corrected chi connectivity index (χ2v) is 9.58. The molecule has 1 fully saturated rings. The van der Waals surface area contributed by atoms with Crippen LogP contribution in [0, 0.1) is 12.8 Å². The molecule has 1 aliphatic carbocycles. The van der Waals surface area contributed by atoms with Gasteiger partial charge in [-0.25, -0.2) is 19.6 Å². The molecule has 1 amide bonds. The van der Waals surface area contributed by atoms with Crippen molar-refractivity contribution in [1.29, 1.82) is 0 Å². The Hall–Kier alpha value is -4.33. The summed E-state index contributed by atoms with van der Waals surface area (Å²) in [5, 5.41) is 6.85. The number of nitrogens with zero attached hydrogens (tertiary/aromatic N) is 5. The van der Waals surface area contributed by atoms with E-state index >= 15 is 0 Å². The number of rotatable bonds is 4. The van der Waals surface area contributed by atoms with Crippen molar-refractivity contribution in [3.8, 4) is 22.5 Å². The highest BCUT2D eigenvalue weighted by atomic mass is 16.1. The minimum Gasteiger partial charge on any atom is -0.383 e. The Bertz CT molecular complexity index is 1600. The van der Waals surface area contributed by atoms with E-state index in [1.807, 2.05) is 22.9 Å². The molecule has 5 aromatic rings. The normalized spacial score (nSPS) is 18.0. The van der Waals surface area contributed by atoms with Gasteiger partial charge in [-0.05, 0) is 50.3 Å². The van der Waals surface area contributed by atoms with Gasteiger partial charge in [0.05, 0.1) is 22.6 Å². The summed E-state index contributed by atoms with van der Waals surface area (Å²) in [6.45, 7) is 2.11. The number of nitrogen functional groups attached to an aromatic ring is 1. The first kappa shape index (κ1) is 22.2. The monoisotopic (exact) mass is 477 g/mol. The summed E-state index contributed by atoms with van der Waals surface area (Å²) in [4.78, 5) is 25.4. The van der Waals surface area contributed by atoms with Gasteiger partial charge < -0.3 is 11.5 Å². The maximum Gasteiger partial charge on any atom is 0.220 e. The van der Waals surface area contributed by atoms with E-state index in [1.165, 1.54) is 6.33 Å². The third-order valence-electron chi connectivity index (χ3n) is 7.32. The summed E-state index contributed by atoms with van der Waals surface area (Å²) in [6.07, 6.45) is 4.60. The molecule has 0 saturated heterocycles. The molecule has 8 nitrogen and oxygen atoms in total. The van der Waals surface area contributed by atoms with E-state index in [4.69, 9.17) is 21.5 Å².